The molecular formula is C33H26N4Na2O11S4. The minimum Gasteiger partial charge on any atom is -0.308 e. The summed E-state index contributed by atoms with van der Waals surface area (Å²) in [5.74, 6) is 0. The fourth-order valence-corrected chi connectivity index (χ4v) is 8.32. The molecule has 0 aliphatic carbocycles. The second-order valence-electron chi connectivity index (χ2n) is 11.2. The molecule has 6 N–H and O–H groups in total. The number of sulfonamides is 2. The summed E-state index contributed by atoms with van der Waals surface area (Å²) in [6.45, 7) is 0. The SMILES string of the molecule is O=C(Nc1ccc2ccc(S(=O)(=O)Nc3cccc(S(=O)(=O)O)c3)cc2c1)Nc1ccc2ccc(S(=O)(=O)Nc3cccc(S(=O)(=O)O)c3)cc2c1.[Na].[Na]. The normalized spacial score (nSPS) is 11.9. The summed E-state index contributed by atoms with van der Waals surface area (Å²) in [6, 6.07) is 26.8. The molecule has 0 saturated carbocycles. The number of carbonyl (C=O) groups excluding carboxylic acids is 1. The van der Waals surface area contributed by atoms with Crippen LogP contribution >= 0.6 is 0 Å². The van der Waals surface area contributed by atoms with E-state index in [1.807, 2.05) is 0 Å². The van der Waals surface area contributed by atoms with E-state index in [1.54, 1.807) is 48.5 Å². The van der Waals surface area contributed by atoms with Gasteiger partial charge < -0.3 is 10.6 Å². The number of urea groups is 1. The molecular weight excluding hydrogens is 803 g/mol. The summed E-state index contributed by atoms with van der Waals surface area (Å²) in [5.41, 5.74) is 0.447. The number of amides is 2. The van der Waals surface area contributed by atoms with Gasteiger partial charge in [0.2, 0.25) is 0 Å². The number of anilines is 4. The quantitative estimate of drug-likeness (QED) is 0.0796. The first-order chi connectivity index (χ1) is 24.4. The van der Waals surface area contributed by atoms with Gasteiger partial charge in [0.25, 0.3) is 40.3 Å². The smallest absolute Gasteiger partial charge is 0.308 e. The topological polar surface area (TPSA) is 242 Å². The van der Waals surface area contributed by atoms with Gasteiger partial charge in [-0.3, -0.25) is 18.5 Å². The van der Waals surface area contributed by atoms with Gasteiger partial charge in [-0.1, -0.05) is 36.4 Å². The molecule has 0 heterocycles. The first kappa shape index (κ1) is 43.2. The zero-order valence-electron chi connectivity index (χ0n) is 28.2. The summed E-state index contributed by atoms with van der Waals surface area (Å²) < 4.78 is 121. The first-order valence-electron chi connectivity index (χ1n) is 14.7. The van der Waals surface area contributed by atoms with Gasteiger partial charge in [0.05, 0.1) is 31.0 Å². The van der Waals surface area contributed by atoms with Crippen molar-refractivity contribution >= 4 is 150 Å². The molecule has 2 radical (unpaired) electrons. The third-order valence-corrected chi connectivity index (χ3v) is 12.0. The third-order valence-electron chi connectivity index (χ3n) is 7.53. The summed E-state index contributed by atoms with van der Waals surface area (Å²) in [6.07, 6.45) is 0. The van der Waals surface area contributed by atoms with Crippen molar-refractivity contribution in [2.45, 2.75) is 19.6 Å². The van der Waals surface area contributed by atoms with Crippen LogP contribution in [-0.2, 0) is 40.3 Å². The predicted octanol–water partition coefficient (Wildman–Crippen LogP) is 4.97. The number of hydrogen-bond donors (Lipinski definition) is 6. The molecule has 21 heteroatoms. The second kappa shape index (κ2) is 16.7. The Labute approximate surface area is 354 Å². The molecule has 15 nitrogen and oxygen atoms in total. The first-order valence-corrected chi connectivity index (χ1v) is 20.6. The molecule has 0 aliphatic heterocycles. The average Bonchev–Trinajstić information content (AvgIpc) is 3.06. The van der Waals surface area contributed by atoms with Crippen LogP contribution in [-0.4, -0.2) is 108 Å². The molecule has 2 amide bonds. The minimum absolute atomic E-state index is 0. The van der Waals surface area contributed by atoms with Gasteiger partial charge in [-0.2, -0.15) is 16.8 Å². The van der Waals surface area contributed by atoms with Crippen molar-refractivity contribution in [3.05, 3.63) is 121 Å². The van der Waals surface area contributed by atoms with Crippen LogP contribution in [0.15, 0.2) is 141 Å². The Kier molecular flexibility index (Phi) is 13.3. The van der Waals surface area contributed by atoms with E-state index in [0.29, 0.717) is 32.9 Å². The maximum Gasteiger partial charge on any atom is 0.323 e. The fraction of sp³-hybridized carbons (Fsp3) is 0. The van der Waals surface area contributed by atoms with Gasteiger partial charge in [0.15, 0.2) is 0 Å². The van der Waals surface area contributed by atoms with Gasteiger partial charge in [-0.25, -0.2) is 21.6 Å². The van der Waals surface area contributed by atoms with Crippen LogP contribution in [0, 0.1) is 0 Å². The molecule has 0 atom stereocenters. The molecule has 0 aliphatic rings. The van der Waals surface area contributed by atoms with Crippen LogP contribution < -0.4 is 20.1 Å². The van der Waals surface area contributed by atoms with E-state index in [2.05, 4.69) is 20.1 Å². The number of benzene rings is 6. The fourth-order valence-electron chi connectivity index (χ4n) is 5.10. The molecule has 0 fully saturated rings. The third kappa shape index (κ3) is 10.4. The summed E-state index contributed by atoms with van der Waals surface area (Å²) in [5, 5.41) is 7.53. The van der Waals surface area contributed by atoms with E-state index >= 15 is 0 Å². The maximum atomic E-state index is 13.1. The Morgan fingerprint density at radius 2 is 0.778 bits per heavy atom. The van der Waals surface area contributed by atoms with E-state index in [0.717, 1.165) is 24.3 Å². The van der Waals surface area contributed by atoms with E-state index < -0.39 is 56.1 Å². The van der Waals surface area contributed by atoms with Crippen molar-refractivity contribution in [2.75, 3.05) is 20.1 Å². The predicted molar refractivity (Wildman–Crippen MR) is 206 cm³/mol. The molecule has 0 aromatic heterocycles. The monoisotopic (exact) mass is 828 g/mol. The van der Waals surface area contributed by atoms with Crippen LogP contribution in [0.3, 0.4) is 0 Å². The average molecular weight is 829 g/mol. The van der Waals surface area contributed by atoms with Gasteiger partial charge in [0.1, 0.15) is 0 Å². The summed E-state index contributed by atoms with van der Waals surface area (Å²) in [7, 11) is -17.5. The second-order valence-corrected chi connectivity index (χ2v) is 17.5. The van der Waals surface area contributed by atoms with Crippen molar-refractivity contribution in [3.63, 3.8) is 0 Å². The van der Waals surface area contributed by atoms with Crippen molar-refractivity contribution in [1.29, 1.82) is 0 Å². The van der Waals surface area contributed by atoms with Crippen LogP contribution in [0.4, 0.5) is 27.5 Å². The number of fused-ring (bicyclic) bond motifs is 2. The summed E-state index contributed by atoms with van der Waals surface area (Å²) in [4.78, 5) is 11.7. The van der Waals surface area contributed by atoms with Crippen molar-refractivity contribution < 1.29 is 47.6 Å². The van der Waals surface area contributed by atoms with Crippen molar-refractivity contribution in [1.82, 2.24) is 0 Å². The van der Waals surface area contributed by atoms with E-state index in [-0.39, 0.29) is 80.3 Å². The molecule has 270 valence electrons. The Morgan fingerprint density at radius 3 is 1.15 bits per heavy atom. The van der Waals surface area contributed by atoms with Crippen LogP contribution in [0.25, 0.3) is 21.5 Å². The molecule has 0 unspecified atom stereocenters. The molecule has 0 spiro atoms. The molecule has 54 heavy (non-hydrogen) atoms. The minimum atomic E-state index is -4.56. The maximum absolute atomic E-state index is 13.1. The standard InChI is InChI=1S/C33H26N4O11S4.2Na/c38-33(34-25-11-7-21-9-13-29(17-23(21)15-25)49(39,40)36-27-3-1-5-31(19-27)51(43,44)45)35-26-12-8-22-10-14-30(18-24(22)16-26)50(41,42)37-28-4-2-6-32(20-28)52(46,47)48;;/h1-20,36-37H,(H2,34,35,38)(H,43,44,45)(H,46,47,48);;. The van der Waals surface area contributed by atoms with Crippen LogP contribution in [0.5, 0.6) is 0 Å². The number of hydrogen-bond acceptors (Lipinski definition) is 9. The Hall–Kier alpha value is -3.57. The Bertz CT molecular complexity index is 2680. The molecule has 6 rings (SSSR count). The van der Waals surface area contributed by atoms with Gasteiger partial charge in [-0.05, 0) is 106 Å². The largest absolute Gasteiger partial charge is 0.323 e. The number of carbonyl (C=O) groups is 1. The zero-order chi connectivity index (χ0) is 37.5. The Morgan fingerprint density at radius 1 is 0.407 bits per heavy atom. The zero-order valence-corrected chi connectivity index (χ0v) is 35.5. The summed E-state index contributed by atoms with van der Waals surface area (Å²) >= 11 is 0. The van der Waals surface area contributed by atoms with Crippen LogP contribution in [0.1, 0.15) is 0 Å². The molecule has 0 bridgehead atoms. The van der Waals surface area contributed by atoms with Gasteiger partial charge in [0, 0.05) is 70.5 Å². The Balaban J connectivity index is 0.00000325. The van der Waals surface area contributed by atoms with E-state index in [1.165, 1.54) is 48.5 Å². The van der Waals surface area contributed by atoms with E-state index in [9.17, 15) is 47.6 Å². The number of nitrogens with one attached hydrogen (secondary N) is 4. The van der Waals surface area contributed by atoms with Crippen molar-refractivity contribution in [3.8, 4) is 0 Å². The van der Waals surface area contributed by atoms with Gasteiger partial charge in [-0.15, -0.1) is 0 Å². The van der Waals surface area contributed by atoms with Crippen LogP contribution in [0.2, 0.25) is 0 Å². The molecule has 0 saturated heterocycles. The number of rotatable bonds is 10. The van der Waals surface area contributed by atoms with Gasteiger partial charge >= 0.3 is 6.03 Å². The molecule has 6 aromatic rings. The van der Waals surface area contributed by atoms with Crippen molar-refractivity contribution in [2.24, 2.45) is 0 Å². The van der Waals surface area contributed by atoms with E-state index in [4.69, 9.17) is 0 Å². The molecule has 6 aromatic carbocycles.